The molecule has 0 aromatic heterocycles. The Morgan fingerprint density at radius 2 is 0.800 bits per heavy atom. The van der Waals surface area contributed by atoms with E-state index < -0.39 is 75.7 Å². The Kier molecular flexibility index (Phi) is 39.0. The molecule has 1 aliphatic carbocycles. The smallest absolute Gasteiger partial charge is 0.462 e. The lowest BCUT2D eigenvalue weighted by Crippen LogP contribution is -2.64. The van der Waals surface area contributed by atoms with Crippen molar-refractivity contribution in [3.8, 4) is 0 Å². The minimum atomic E-state index is -5.13. The van der Waals surface area contributed by atoms with Crippen molar-refractivity contribution >= 4 is 19.8 Å². The van der Waals surface area contributed by atoms with Crippen LogP contribution in [0.25, 0.3) is 0 Å². The summed E-state index contributed by atoms with van der Waals surface area (Å²) in [6.45, 7) is 3.28. The fourth-order valence-corrected chi connectivity index (χ4v) is 9.02. The number of aliphatic hydroxyl groups is 5. The number of carbonyl (C=O) groups excluding carboxylic acids is 2. The van der Waals surface area contributed by atoms with Crippen LogP contribution in [0.1, 0.15) is 232 Å². The van der Waals surface area contributed by atoms with Crippen LogP contribution in [-0.2, 0) is 32.7 Å². The molecule has 0 radical (unpaired) electrons. The summed E-state index contributed by atoms with van der Waals surface area (Å²) in [7, 11) is -5.13. The molecule has 1 rings (SSSR count). The Hall–Kier alpha value is -1.67. The summed E-state index contributed by atoms with van der Waals surface area (Å²) in [6, 6.07) is 0. The number of rotatable bonds is 44. The number of esters is 2. The van der Waals surface area contributed by atoms with E-state index in [9.17, 15) is 44.6 Å². The van der Waals surface area contributed by atoms with Crippen molar-refractivity contribution in [1.29, 1.82) is 0 Å². The van der Waals surface area contributed by atoms with E-state index >= 15 is 0 Å². The molecule has 6 N–H and O–H groups in total. The summed E-state index contributed by atoms with van der Waals surface area (Å²) in [5, 5.41) is 50.2. The molecule has 382 valence electrons. The average Bonchev–Trinajstić information content (AvgIpc) is 3.29. The number of ether oxygens (including phenoxy) is 2. The van der Waals surface area contributed by atoms with E-state index in [0.717, 1.165) is 38.5 Å². The third-order valence-electron chi connectivity index (χ3n) is 12.3. The third-order valence-corrected chi connectivity index (χ3v) is 13.3. The van der Waals surface area contributed by atoms with E-state index in [-0.39, 0.29) is 12.8 Å². The second-order valence-corrected chi connectivity index (χ2v) is 19.8. The zero-order valence-corrected chi connectivity index (χ0v) is 41.7. The molecule has 0 saturated heterocycles. The van der Waals surface area contributed by atoms with Gasteiger partial charge in [0.2, 0.25) is 0 Å². The summed E-state index contributed by atoms with van der Waals surface area (Å²) in [4.78, 5) is 35.7. The van der Waals surface area contributed by atoms with E-state index in [1.165, 1.54) is 148 Å². The lowest BCUT2D eigenvalue weighted by Gasteiger charge is -2.41. The summed E-state index contributed by atoms with van der Waals surface area (Å²) >= 11 is 0. The van der Waals surface area contributed by atoms with Gasteiger partial charge in [-0.1, -0.05) is 186 Å². The average molecular weight is 947 g/mol. The number of hydrogen-bond donors (Lipinski definition) is 6. The summed E-state index contributed by atoms with van der Waals surface area (Å²) in [6.07, 6.45) is 34.0. The normalized spacial score (nSPS) is 21.5. The van der Waals surface area contributed by atoms with Crippen LogP contribution in [0.15, 0.2) is 24.3 Å². The number of phosphoric acid groups is 1. The first-order valence-corrected chi connectivity index (χ1v) is 27.6. The SMILES string of the molecule is CCCCCCCC/C=C/CCCCCC(=O)O[C@@H](COC(=O)CCC/C=C/CCCCCCCCCCCCCCCCCCCC)COP(=O)(O)OC1C(O)C(O)C(O)[C@H](O)C1O. The van der Waals surface area contributed by atoms with E-state index in [2.05, 4.69) is 38.2 Å². The second kappa shape index (κ2) is 41.3. The Balaban J connectivity index is 2.36. The summed E-state index contributed by atoms with van der Waals surface area (Å²) in [5.74, 6) is -1.15. The molecule has 0 heterocycles. The maximum Gasteiger partial charge on any atom is 0.472 e. The quantitative estimate of drug-likeness (QED) is 0.0146. The van der Waals surface area contributed by atoms with E-state index in [1.807, 2.05) is 0 Å². The van der Waals surface area contributed by atoms with Gasteiger partial charge in [0.15, 0.2) is 6.10 Å². The highest BCUT2D eigenvalue weighted by Gasteiger charge is 2.51. The first-order valence-electron chi connectivity index (χ1n) is 26.1. The summed E-state index contributed by atoms with van der Waals surface area (Å²) < 4.78 is 33.5. The van der Waals surface area contributed by atoms with Crippen molar-refractivity contribution in [2.75, 3.05) is 13.2 Å². The Morgan fingerprint density at radius 1 is 0.462 bits per heavy atom. The van der Waals surface area contributed by atoms with Crippen LogP contribution < -0.4 is 0 Å². The zero-order chi connectivity index (χ0) is 47.8. The molecule has 6 unspecified atom stereocenters. The van der Waals surface area contributed by atoms with Gasteiger partial charge in [-0.2, -0.15) is 0 Å². The molecule has 0 aromatic carbocycles. The van der Waals surface area contributed by atoms with Gasteiger partial charge < -0.3 is 39.9 Å². The van der Waals surface area contributed by atoms with Crippen LogP contribution in [-0.4, -0.2) is 98.3 Å². The van der Waals surface area contributed by atoms with Crippen molar-refractivity contribution < 1.29 is 63.1 Å². The molecule has 1 saturated carbocycles. The fraction of sp³-hybridized carbons (Fsp3) is 0.882. The van der Waals surface area contributed by atoms with Crippen LogP contribution in [0.5, 0.6) is 0 Å². The molecule has 14 heteroatoms. The lowest BCUT2D eigenvalue weighted by atomic mass is 9.85. The molecular formula is C51H95O13P. The number of allylic oxidation sites excluding steroid dienone is 4. The predicted molar refractivity (Wildman–Crippen MR) is 258 cm³/mol. The van der Waals surface area contributed by atoms with Crippen molar-refractivity contribution in [3.63, 3.8) is 0 Å². The number of aliphatic hydroxyl groups excluding tert-OH is 5. The third kappa shape index (κ3) is 33.5. The summed E-state index contributed by atoms with van der Waals surface area (Å²) in [5.41, 5.74) is 0. The van der Waals surface area contributed by atoms with Crippen molar-refractivity contribution in [3.05, 3.63) is 24.3 Å². The topological polar surface area (TPSA) is 210 Å². The minimum absolute atomic E-state index is 0.0730. The monoisotopic (exact) mass is 947 g/mol. The maximum absolute atomic E-state index is 12.8. The molecule has 1 aliphatic rings. The highest BCUT2D eigenvalue weighted by Crippen LogP contribution is 2.47. The number of unbranched alkanes of at least 4 members (excludes halogenated alkanes) is 28. The van der Waals surface area contributed by atoms with Crippen LogP contribution >= 0.6 is 7.82 Å². The molecular weight excluding hydrogens is 852 g/mol. The van der Waals surface area contributed by atoms with Crippen LogP contribution in [0.2, 0.25) is 0 Å². The van der Waals surface area contributed by atoms with Crippen LogP contribution in [0.4, 0.5) is 0 Å². The maximum atomic E-state index is 12.8. The molecule has 0 spiro atoms. The van der Waals surface area contributed by atoms with Gasteiger partial charge in [-0.25, -0.2) is 4.57 Å². The Labute approximate surface area is 394 Å². The first-order chi connectivity index (χ1) is 31.4. The van der Waals surface area contributed by atoms with Gasteiger partial charge in [-0.05, 0) is 57.8 Å². The largest absolute Gasteiger partial charge is 0.472 e. The number of carbonyl (C=O) groups is 2. The number of phosphoric ester groups is 1. The van der Waals surface area contributed by atoms with Gasteiger partial charge >= 0.3 is 19.8 Å². The van der Waals surface area contributed by atoms with Crippen LogP contribution in [0, 0.1) is 0 Å². The lowest BCUT2D eigenvalue weighted by molar-refractivity contribution is -0.220. The predicted octanol–water partition coefficient (Wildman–Crippen LogP) is 11.2. The molecule has 0 bridgehead atoms. The van der Waals surface area contributed by atoms with Gasteiger partial charge in [-0.15, -0.1) is 0 Å². The van der Waals surface area contributed by atoms with Gasteiger partial charge in [0.1, 0.15) is 43.2 Å². The highest BCUT2D eigenvalue weighted by atomic mass is 31.2. The molecule has 13 nitrogen and oxygen atoms in total. The molecule has 65 heavy (non-hydrogen) atoms. The van der Waals surface area contributed by atoms with Gasteiger partial charge in [0.05, 0.1) is 6.61 Å². The van der Waals surface area contributed by atoms with Gasteiger partial charge in [-0.3, -0.25) is 18.6 Å². The van der Waals surface area contributed by atoms with E-state index in [1.54, 1.807) is 0 Å². The minimum Gasteiger partial charge on any atom is -0.462 e. The Bertz CT molecular complexity index is 1230. The zero-order valence-electron chi connectivity index (χ0n) is 40.8. The van der Waals surface area contributed by atoms with E-state index in [0.29, 0.717) is 19.3 Å². The number of hydrogen-bond acceptors (Lipinski definition) is 12. The van der Waals surface area contributed by atoms with E-state index in [4.69, 9.17) is 18.5 Å². The van der Waals surface area contributed by atoms with Crippen molar-refractivity contribution in [1.82, 2.24) is 0 Å². The molecule has 0 amide bonds. The molecule has 1 fully saturated rings. The molecule has 8 atom stereocenters. The molecule has 0 aromatic rings. The first kappa shape index (κ1) is 61.3. The van der Waals surface area contributed by atoms with Crippen LogP contribution in [0.3, 0.4) is 0 Å². The van der Waals surface area contributed by atoms with Gasteiger partial charge in [0, 0.05) is 12.8 Å². The highest BCUT2D eigenvalue weighted by molar-refractivity contribution is 7.47. The second-order valence-electron chi connectivity index (χ2n) is 18.4. The Morgan fingerprint density at radius 3 is 1.22 bits per heavy atom. The van der Waals surface area contributed by atoms with Gasteiger partial charge in [0.25, 0.3) is 0 Å². The van der Waals surface area contributed by atoms with Crippen molar-refractivity contribution in [2.45, 2.75) is 275 Å². The standard InChI is InChI=1S/C51H95O13P/c1-3-5-7-9-11-13-15-17-18-19-20-21-22-23-24-25-26-28-29-31-33-35-37-39-44(52)61-41-43(42-62-65(59,60)64-51-49(57)47(55)46(54)48(56)50(51)58)63-45(53)40-38-36-34-32-30-27-16-14-12-10-8-6-4-2/h27,30-31,33,43,46-51,54-58H,3-26,28-29,32,34-42H2,1-2H3,(H,59,60)/b30-27+,33-31+/t43-,46?,47-,48?,49?,50?,51?/m0/s1. The fourth-order valence-electron chi connectivity index (χ4n) is 8.05. The van der Waals surface area contributed by atoms with Crippen molar-refractivity contribution in [2.24, 2.45) is 0 Å². The molecule has 0 aliphatic heterocycles.